The zero-order valence-electron chi connectivity index (χ0n) is 15.4. The van der Waals surface area contributed by atoms with Crippen molar-refractivity contribution in [2.45, 2.75) is 19.8 Å². The normalized spacial score (nSPS) is 17.6. The first-order valence-corrected chi connectivity index (χ1v) is 9.64. The van der Waals surface area contributed by atoms with Crippen LogP contribution in [0.25, 0.3) is 11.3 Å². The molecule has 2 N–H and O–H groups in total. The molecule has 2 aromatic rings. The van der Waals surface area contributed by atoms with Gasteiger partial charge in [-0.05, 0) is 24.9 Å². The number of aromatic amines is 1. The van der Waals surface area contributed by atoms with Crippen LogP contribution in [0, 0.1) is 0 Å². The number of rotatable bonds is 5. The lowest BCUT2D eigenvalue weighted by Crippen LogP contribution is -2.48. The van der Waals surface area contributed by atoms with Crippen molar-refractivity contribution in [3.63, 3.8) is 0 Å². The van der Waals surface area contributed by atoms with Gasteiger partial charge in [-0.15, -0.1) is 0 Å². The van der Waals surface area contributed by atoms with Crippen LogP contribution in [0.5, 0.6) is 0 Å². The summed E-state index contributed by atoms with van der Waals surface area (Å²) in [5.74, 6) is -0.0367. The first-order valence-electron chi connectivity index (χ1n) is 9.64. The summed E-state index contributed by atoms with van der Waals surface area (Å²) in [6.45, 7) is 9.32. The van der Waals surface area contributed by atoms with Gasteiger partial charge in [0.2, 0.25) is 0 Å². The molecular formula is C20H27N5O. The standard InChI is InChI=1S/C20H27N5O/c1-2-24-11-13-25(14-12-24)10-9-21-20(26)19-17-8-7-15-5-3-4-6-16(15)18(17)22-23-19/h3-6H,2,7-14H2,1H3,(H,21,26)(H,22,23). The van der Waals surface area contributed by atoms with Gasteiger partial charge < -0.3 is 10.2 Å². The molecule has 2 aliphatic rings. The number of fused-ring (bicyclic) bond motifs is 3. The Morgan fingerprint density at radius 1 is 1.15 bits per heavy atom. The van der Waals surface area contributed by atoms with E-state index >= 15 is 0 Å². The highest BCUT2D eigenvalue weighted by atomic mass is 16.1. The quantitative estimate of drug-likeness (QED) is 0.856. The topological polar surface area (TPSA) is 64.3 Å². The second-order valence-electron chi connectivity index (χ2n) is 7.11. The monoisotopic (exact) mass is 353 g/mol. The molecule has 0 radical (unpaired) electrons. The Morgan fingerprint density at radius 2 is 1.92 bits per heavy atom. The van der Waals surface area contributed by atoms with E-state index in [1.54, 1.807) is 0 Å². The molecule has 1 aromatic heterocycles. The molecule has 1 saturated heterocycles. The molecular weight excluding hydrogens is 326 g/mol. The summed E-state index contributed by atoms with van der Waals surface area (Å²) in [5, 5.41) is 10.5. The van der Waals surface area contributed by atoms with Gasteiger partial charge in [0.25, 0.3) is 5.91 Å². The van der Waals surface area contributed by atoms with Crippen LogP contribution in [0.3, 0.4) is 0 Å². The van der Waals surface area contributed by atoms with Crippen molar-refractivity contribution in [1.82, 2.24) is 25.3 Å². The molecule has 6 nitrogen and oxygen atoms in total. The maximum atomic E-state index is 12.6. The maximum absolute atomic E-state index is 12.6. The molecule has 1 aliphatic carbocycles. The summed E-state index contributed by atoms with van der Waals surface area (Å²) in [6.07, 6.45) is 1.83. The molecule has 1 fully saturated rings. The minimum Gasteiger partial charge on any atom is -0.349 e. The first-order chi connectivity index (χ1) is 12.8. The van der Waals surface area contributed by atoms with E-state index < -0.39 is 0 Å². The van der Waals surface area contributed by atoms with Gasteiger partial charge in [0, 0.05) is 50.4 Å². The summed E-state index contributed by atoms with van der Waals surface area (Å²) >= 11 is 0. The van der Waals surface area contributed by atoms with E-state index in [1.807, 2.05) is 6.07 Å². The molecule has 1 amide bonds. The molecule has 0 saturated carbocycles. The van der Waals surface area contributed by atoms with Crippen LogP contribution in [0.4, 0.5) is 0 Å². The van der Waals surface area contributed by atoms with Crippen molar-refractivity contribution >= 4 is 5.91 Å². The Kier molecular flexibility index (Phi) is 5.04. The van der Waals surface area contributed by atoms with Crippen LogP contribution in [0.1, 0.15) is 28.5 Å². The highest BCUT2D eigenvalue weighted by Gasteiger charge is 2.25. The largest absolute Gasteiger partial charge is 0.349 e. The molecule has 2 heterocycles. The number of carbonyl (C=O) groups excluding carboxylic acids is 1. The van der Waals surface area contributed by atoms with Gasteiger partial charge >= 0.3 is 0 Å². The number of amides is 1. The number of carbonyl (C=O) groups is 1. The fourth-order valence-corrected chi connectivity index (χ4v) is 3.99. The average Bonchev–Trinajstić information content (AvgIpc) is 3.13. The Hall–Kier alpha value is -2.18. The highest BCUT2D eigenvalue weighted by molar-refractivity contribution is 5.96. The van der Waals surface area contributed by atoms with Crippen molar-refractivity contribution in [2.24, 2.45) is 0 Å². The summed E-state index contributed by atoms with van der Waals surface area (Å²) in [7, 11) is 0. The van der Waals surface area contributed by atoms with E-state index in [2.05, 4.69) is 50.4 Å². The van der Waals surface area contributed by atoms with Crippen LogP contribution in [-0.2, 0) is 12.8 Å². The number of benzene rings is 1. The molecule has 26 heavy (non-hydrogen) atoms. The van der Waals surface area contributed by atoms with E-state index in [0.29, 0.717) is 12.2 Å². The summed E-state index contributed by atoms with van der Waals surface area (Å²) in [4.78, 5) is 17.5. The van der Waals surface area contributed by atoms with E-state index in [-0.39, 0.29) is 5.91 Å². The van der Waals surface area contributed by atoms with Crippen LogP contribution < -0.4 is 5.32 Å². The van der Waals surface area contributed by atoms with Crippen molar-refractivity contribution < 1.29 is 4.79 Å². The first kappa shape index (κ1) is 17.2. The van der Waals surface area contributed by atoms with Crippen molar-refractivity contribution in [2.75, 3.05) is 45.8 Å². The molecule has 0 bridgehead atoms. The lowest BCUT2D eigenvalue weighted by Gasteiger charge is -2.33. The lowest BCUT2D eigenvalue weighted by atomic mass is 9.89. The van der Waals surface area contributed by atoms with Gasteiger partial charge in [-0.25, -0.2) is 0 Å². The average molecular weight is 353 g/mol. The van der Waals surface area contributed by atoms with Gasteiger partial charge in [0.05, 0.1) is 5.69 Å². The molecule has 1 aliphatic heterocycles. The smallest absolute Gasteiger partial charge is 0.269 e. The van der Waals surface area contributed by atoms with Crippen LogP contribution in [0.2, 0.25) is 0 Å². The Balaban J connectivity index is 1.35. The summed E-state index contributed by atoms with van der Waals surface area (Å²) in [5.41, 5.74) is 5.08. The number of nitrogens with zero attached hydrogens (tertiary/aromatic N) is 3. The van der Waals surface area contributed by atoms with E-state index in [4.69, 9.17) is 0 Å². The molecule has 0 spiro atoms. The van der Waals surface area contributed by atoms with Crippen LogP contribution >= 0.6 is 0 Å². The zero-order valence-corrected chi connectivity index (χ0v) is 15.4. The van der Waals surface area contributed by atoms with Crippen LogP contribution in [-0.4, -0.2) is 71.7 Å². The third kappa shape index (κ3) is 3.39. The Morgan fingerprint density at radius 3 is 2.73 bits per heavy atom. The third-order valence-electron chi connectivity index (χ3n) is 5.64. The molecule has 138 valence electrons. The van der Waals surface area contributed by atoms with Gasteiger partial charge in [0.1, 0.15) is 5.69 Å². The van der Waals surface area contributed by atoms with Gasteiger partial charge in [0.15, 0.2) is 0 Å². The second kappa shape index (κ2) is 7.60. The second-order valence-corrected chi connectivity index (χ2v) is 7.11. The van der Waals surface area contributed by atoms with Gasteiger partial charge in [-0.1, -0.05) is 31.2 Å². The minimum atomic E-state index is -0.0367. The molecule has 1 aromatic carbocycles. The molecule has 0 atom stereocenters. The number of piperazine rings is 1. The SMILES string of the molecule is CCN1CCN(CCNC(=O)c2[nH]nc3c2CCc2ccccc2-3)CC1. The minimum absolute atomic E-state index is 0.0367. The number of hydrogen-bond acceptors (Lipinski definition) is 4. The number of hydrogen-bond donors (Lipinski definition) is 2. The number of likely N-dealkylation sites (N-methyl/N-ethyl adjacent to an activating group) is 1. The van der Waals surface area contributed by atoms with Gasteiger partial charge in [-0.3, -0.25) is 14.8 Å². The van der Waals surface area contributed by atoms with Crippen molar-refractivity contribution in [1.29, 1.82) is 0 Å². The fourth-order valence-electron chi connectivity index (χ4n) is 3.99. The Labute approximate surface area is 154 Å². The van der Waals surface area contributed by atoms with Crippen molar-refractivity contribution in [3.05, 3.63) is 41.1 Å². The number of H-pyrrole nitrogens is 1. The molecule has 4 rings (SSSR count). The molecule has 0 unspecified atom stereocenters. The summed E-state index contributed by atoms with van der Waals surface area (Å²) < 4.78 is 0. The number of aromatic nitrogens is 2. The number of nitrogens with one attached hydrogen (secondary N) is 2. The lowest BCUT2D eigenvalue weighted by molar-refractivity contribution is 0.0932. The van der Waals surface area contributed by atoms with E-state index in [9.17, 15) is 4.79 Å². The van der Waals surface area contributed by atoms with E-state index in [1.165, 1.54) is 5.56 Å². The fraction of sp³-hybridized carbons (Fsp3) is 0.500. The predicted molar refractivity (Wildman–Crippen MR) is 102 cm³/mol. The molecule has 6 heteroatoms. The van der Waals surface area contributed by atoms with E-state index in [0.717, 1.165) is 68.9 Å². The summed E-state index contributed by atoms with van der Waals surface area (Å²) in [6, 6.07) is 8.32. The van der Waals surface area contributed by atoms with Crippen molar-refractivity contribution in [3.8, 4) is 11.3 Å². The Bertz CT molecular complexity index is 776. The third-order valence-corrected chi connectivity index (χ3v) is 5.64. The van der Waals surface area contributed by atoms with Gasteiger partial charge in [-0.2, -0.15) is 5.10 Å². The number of aryl methyl sites for hydroxylation is 1. The highest BCUT2D eigenvalue weighted by Crippen LogP contribution is 2.33. The van der Waals surface area contributed by atoms with Crippen LogP contribution in [0.15, 0.2) is 24.3 Å². The maximum Gasteiger partial charge on any atom is 0.269 e. The zero-order chi connectivity index (χ0) is 17.9. The predicted octanol–water partition coefficient (Wildman–Crippen LogP) is 1.54.